The second kappa shape index (κ2) is 6.94. The molecule has 1 heterocycles. The van der Waals surface area contributed by atoms with E-state index in [9.17, 15) is 9.59 Å². The average molecular weight is 305 g/mol. The molecular weight excluding hydrogens is 290 g/mol. The van der Waals surface area contributed by atoms with Crippen molar-refractivity contribution < 1.29 is 9.90 Å². The molecule has 2 N–H and O–H groups in total. The molecule has 0 atom stereocenters. The van der Waals surface area contributed by atoms with E-state index in [-0.39, 0.29) is 28.9 Å². The number of hydrogen-bond acceptors (Lipinski definition) is 4. The minimum absolute atomic E-state index is 0.0889. The van der Waals surface area contributed by atoms with Gasteiger partial charge in [0.15, 0.2) is 4.77 Å². The van der Waals surface area contributed by atoms with Gasteiger partial charge in [-0.15, -0.1) is 0 Å². The fourth-order valence-corrected chi connectivity index (χ4v) is 2.17. The second-order valence-corrected chi connectivity index (χ2v) is 4.95. The van der Waals surface area contributed by atoms with Gasteiger partial charge in [0.05, 0.1) is 6.42 Å². The predicted octanol–water partition coefficient (Wildman–Crippen LogP) is 1.56. The second-order valence-electron chi connectivity index (χ2n) is 4.56. The number of aromatic nitrogens is 3. The molecule has 1 aromatic heterocycles. The highest BCUT2D eigenvalue weighted by molar-refractivity contribution is 7.71. The Morgan fingerprint density at radius 1 is 1.29 bits per heavy atom. The van der Waals surface area contributed by atoms with E-state index in [1.807, 2.05) is 30.3 Å². The van der Waals surface area contributed by atoms with Gasteiger partial charge in [-0.05, 0) is 24.2 Å². The molecule has 21 heavy (non-hydrogen) atoms. The molecule has 0 aliphatic carbocycles. The number of H-pyrrole nitrogens is 1. The maximum Gasteiger partial charge on any atom is 0.303 e. The zero-order valence-electron chi connectivity index (χ0n) is 11.3. The van der Waals surface area contributed by atoms with Gasteiger partial charge in [-0.2, -0.15) is 5.10 Å². The van der Waals surface area contributed by atoms with Crippen LogP contribution in [0.25, 0.3) is 0 Å². The van der Waals surface area contributed by atoms with Crippen LogP contribution in [0.4, 0.5) is 0 Å². The summed E-state index contributed by atoms with van der Waals surface area (Å²) >= 11 is 5.08. The van der Waals surface area contributed by atoms with Crippen molar-refractivity contribution in [2.45, 2.75) is 25.8 Å². The minimum Gasteiger partial charge on any atom is -0.481 e. The number of aromatic amines is 1. The lowest BCUT2D eigenvalue weighted by atomic mass is 10.1. The zero-order valence-corrected chi connectivity index (χ0v) is 12.1. The van der Waals surface area contributed by atoms with Gasteiger partial charge in [0, 0.05) is 13.0 Å². The van der Waals surface area contributed by atoms with Crippen molar-refractivity contribution in [3.05, 3.63) is 56.7 Å². The normalized spacial score (nSPS) is 10.5. The molecule has 0 radical (unpaired) electrons. The first kappa shape index (κ1) is 15.1. The van der Waals surface area contributed by atoms with E-state index in [0.29, 0.717) is 13.0 Å². The van der Waals surface area contributed by atoms with Crippen LogP contribution in [-0.2, 0) is 24.2 Å². The molecule has 1 aromatic carbocycles. The van der Waals surface area contributed by atoms with Crippen molar-refractivity contribution in [2.75, 3.05) is 0 Å². The third-order valence-electron chi connectivity index (χ3n) is 3.07. The fraction of sp³-hybridized carbons (Fsp3) is 0.286. The van der Waals surface area contributed by atoms with Crippen molar-refractivity contribution in [2.24, 2.45) is 0 Å². The van der Waals surface area contributed by atoms with E-state index >= 15 is 0 Å². The molecule has 0 aliphatic heterocycles. The number of hydrogen-bond donors (Lipinski definition) is 2. The Morgan fingerprint density at radius 2 is 2.00 bits per heavy atom. The Bertz CT molecular complexity index is 737. The zero-order chi connectivity index (χ0) is 15.2. The Labute approximate surface area is 126 Å². The van der Waals surface area contributed by atoms with Crippen LogP contribution in [0.1, 0.15) is 17.7 Å². The SMILES string of the molecule is O=C(O)CCc1n[nH]c(=S)n(CCc2ccccc2)c1=O. The highest BCUT2D eigenvalue weighted by Gasteiger charge is 2.09. The molecule has 6 nitrogen and oxygen atoms in total. The van der Waals surface area contributed by atoms with Crippen LogP contribution >= 0.6 is 12.2 Å². The number of carboxylic acids is 1. The van der Waals surface area contributed by atoms with Crippen LogP contribution in [0.15, 0.2) is 35.1 Å². The molecule has 0 saturated carbocycles. The van der Waals surface area contributed by atoms with Crippen LogP contribution in [-0.4, -0.2) is 25.8 Å². The molecule has 2 aromatic rings. The maximum absolute atomic E-state index is 12.2. The van der Waals surface area contributed by atoms with E-state index < -0.39 is 5.97 Å². The predicted molar refractivity (Wildman–Crippen MR) is 79.8 cm³/mol. The molecule has 0 unspecified atom stereocenters. The number of aliphatic carboxylic acids is 1. The Balaban J connectivity index is 2.18. The highest BCUT2D eigenvalue weighted by atomic mass is 32.1. The van der Waals surface area contributed by atoms with Gasteiger partial charge in [0.1, 0.15) is 5.69 Å². The fourth-order valence-electron chi connectivity index (χ4n) is 1.95. The number of aryl methyl sites for hydroxylation is 2. The quantitative estimate of drug-likeness (QED) is 0.791. The largest absolute Gasteiger partial charge is 0.481 e. The summed E-state index contributed by atoms with van der Waals surface area (Å²) in [7, 11) is 0. The van der Waals surface area contributed by atoms with Gasteiger partial charge in [-0.1, -0.05) is 30.3 Å². The topological polar surface area (TPSA) is 88.0 Å². The summed E-state index contributed by atoms with van der Waals surface area (Å²) in [6, 6.07) is 9.75. The molecule has 0 saturated heterocycles. The summed E-state index contributed by atoms with van der Waals surface area (Å²) in [6.07, 6.45) is 0.623. The Morgan fingerprint density at radius 3 is 2.67 bits per heavy atom. The first-order valence-corrected chi connectivity index (χ1v) is 6.93. The number of carbonyl (C=O) groups is 1. The van der Waals surface area contributed by atoms with Crippen LogP contribution < -0.4 is 5.56 Å². The molecule has 0 bridgehead atoms. The lowest BCUT2D eigenvalue weighted by Gasteiger charge is -2.07. The van der Waals surface area contributed by atoms with Gasteiger partial charge < -0.3 is 5.11 Å². The van der Waals surface area contributed by atoms with Crippen LogP contribution in [0.2, 0.25) is 0 Å². The number of benzene rings is 1. The Kier molecular flexibility index (Phi) is 4.99. The van der Waals surface area contributed by atoms with Gasteiger partial charge >= 0.3 is 5.97 Å². The molecule has 110 valence electrons. The van der Waals surface area contributed by atoms with Crippen LogP contribution in [0, 0.1) is 4.77 Å². The third kappa shape index (κ3) is 4.09. The number of nitrogens with zero attached hydrogens (tertiary/aromatic N) is 2. The summed E-state index contributed by atoms with van der Waals surface area (Å²) in [5, 5.41) is 15.1. The van der Waals surface area contributed by atoms with Crippen molar-refractivity contribution in [1.29, 1.82) is 0 Å². The van der Waals surface area contributed by atoms with E-state index in [1.54, 1.807) is 0 Å². The summed E-state index contributed by atoms with van der Waals surface area (Å²) in [6.45, 7) is 0.431. The van der Waals surface area contributed by atoms with Crippen molar-refractivity contribution in [3.63, 3.8) is 0 Å². The third-order valence-corrected chi connectivity index (χ3v) is 3.38. The van der Waals surface area contributed by atoms with Gasteiger partial charge in [-0.25, -0.2) is 0 Å². The smallest absolute Gasteiger partial charge is 0.303 e. The first-order valence-electron chi connectivity index (χ1n) is 6.52. The number of carboxylic acid groups (broad SMARTS) is 1. The van der Waals surface area contributed by atoms with Gasteiger partial charge in [0.25, 0.3) is 5.56 Å². The molecular formula is C14H15N3O3S. The van der Waals surface area contributed by atoms with E-state index in [1.165, 1.54) is 4.57 Å². The molecule has 7 heteroatoms. The Hall–Kier alpha value is -2.28. The maximum atomic E-state index is 12.2. The molecule has 0 aliphatic rings. The summed E-state index contributed by atoms with van der Waals surface area (Å²) in [4.78, 5) is 22.8. The van der Waals surface area contributed by atoms with Gasteiger partial charge in [-0.3, -0.25) is 19.3 Å². The molecule has 2 rings (SSSR count). The number of nitrogens with one attached hydrogen (secondary N) is 1. The summed E-state index contributed by atoms with van der Waals surface area (Å²) < 4.78 is 1.67. The highest BCUT2D eigenvalue weighted by Crippen LogP contribution is 2.01. The standard InChI is InChI=1S/C14H15N3O3S/c18-12(19)7-6-11-13(20)17(14(21)16-15-11)9-8-10-4-2-1-3-5-10/h1-5H,6-9H2,(H,16,21)(H,18,19). The van der Waals surface area contributed by atoms with Crippen LogP contribution in [0.5, 0.6) is 0 Å². The van der Waals surface area contributed by atoms with E-state index in [4.69, 9.17) is 17.3 Å². The molecule has 0 amide bonds. The minimum atomic E-state index is -0.963. The van der Waals surface area contributed by atoms with Gasteiger partial charge in [0.2, 0.25) is 0 Å². The van der Waals surface area contributed by atoms with E-state index in [2.05, 4.69) is 10.2 Å². The lowest BCUT2D eigenvalue weighted by Crippen LogP contribution is -2.28. The van der Waals surface area contributed by atoms with Crippen LogP contribution in [0.3, 0.4) is 0 Å². The lowest BCUT2D eigenvalue weighted by molar-refractivity contribution is -0.136. The molecule has 0 fully saturated rings. The monoisotopic (exact) mass is 305 g/mol. The average Bonchev–Trinajstić information content (AvgIpc) is 2.47. The van der Waals surface area contributed by atoms with Crippen molar-refractivity contribution in [1.82, 2.24) is 14.8 Å². The first-order chi connectivity index (χ1) is 10.1. The number of rotatable bonds is 6. The summed E-state index contributed by atoms with van der Waals surface area (Å²) in [5.74, 6) is -0.963. The van der Waals surface area contributed by atoms with Crippen molar-refractivity contribution >= 4 is 18.2 Å². The molecule has 0 spiro atoms. The van der Waals surface area contributed by atoms with Crippen molar-refractivity contribution in [3.8, 4) is 0 Å². The summed E-state index contributed by atoms with van der Waals surface area (Å²) in [5.41, 5.74) is 0.970. The van der Waals surface area contributed by atoms with E-state index in [0.717, 1.165) is 5.56 Å².